The molecule has 0 spiro atoms. The molecule has 0 bridgehead atoms. The van der Waals surface area contributed by atoms with Gasteiger partial charge in [-0.1, -0.05) is 18.2 Å². The Morgan fingerprint density at radius 3 is 2.47 bits per heavy atom. The quantitative estimate of drug-likeness (QED) is 0.557. The second-order valence-corrected chi connectivity index (χ2v) is 7.61. The van der Waals surface area contributed by atoms with Gasteiger partial charge < -0.3 is 19.5 Å². The van der Waals surface area contributed by atoms with Gasteiger partial charge in [-0.05, 0) is 35.4 Å². The van der Waals surface area contributed by atoms with Gasteiger partial charge in [0.15, 0.2) is 11.5 Å². The predicted molar refractivity (Wildman–Crippen MR) is 112 cm³/mol. The number of amides is 1. The number of carbonyl (C=O) groups is 1. The van der Waals surface area contributed by atoms with Crippen molar-refractivity contribution in [1.82, 2.24) is 9.88 Å². The molecule has 0 aliphatic rings. The summed E-state index contributed by atoms with van der Waals surface area (Å²) in [6.45, 7) is 2.40. The third-order valence-corrected chi connectivity index (χ3v) is 5.32. The van der Waals surface area contributed by atoms with Crippen molar-refractivity contribution in [2.75, 3.05) is 7.11 Å². The van der Waals surface area contributed by atoms with Gasteiger partial charge >= 0.3 is 0 Å². The van der Waals surface area contributed by atoms with E-state index >= 15 is 0 Å². The molecule has 3 rings (SSSR count). The zero-order chi connectivity index (χ0) is 21.5. The highest BCUT2D eigenvalue weighted by molar-refractivity contribution is 7.09. The highest BCUT2D eigenvalue weighted by Crippen LogP contribution is 2.30. The van der Waals surface area contributed by atoms with Crippen LogP contribution in [-0.4, -0.2) is 28.0 Å². The number of hydrogen-bond acceptors (Lipinski definition) is 6. The van der Waals surface area contributed by atoms with Crippen LogP contribution in [0.2, 0.25) is 0 Å². The molecule has 30 heavy (non-hydrogen) atoms. The number of aliphatic hydroxyl groups is 1. The van der Waals surface area contributed by atoms with Crippen molar-refractivity contribution in [2.45, 2.75) is 33.2 Å². The molecule has 1 amide bonds. The minimum absolute atomic E-state index is 0.0862. The van der Waals surface area contributed by atoms with Gasteiger partial charge in [-0.25, -0.2) is 9.37 Å². The lowest BCUT2D eigenvalue weighted by Gasteiger charge is -2.22. The van der Waals surface area contributed by atoms with Gasteiger partial charge in [-0.15, -0.1) is 11.3 Å². The van der Waals surface area contributed by atoms with Gasteiger partial charge in [0.05, 0.1) is 19.4 Å². The molecule has 0 aliphatic heterocycles. The Bertz CT molecular complexity index is 991. The molecule has 0 radical (unpaired) electrons. The minimum atomic E-state index is -0.309. The molecule has 1 heterocycles. The van der Waals surface area contributed by atoms with Gasteiger partial charge in [-0.3, -0.25) is 4.79 Å². The SMILES string of the molecule is COc1ccc(CN(Cc2ccc(F)cc2)C(C)=O)cc1OCc1nc(CO)cs1. The number of aliphatic hydroxyl groups excluding tert-OH is 1. The fraction of sp³-hybridized carbons (Fsp3) is 0.273. The summed E-state index contributed by atoms with van der Waals surface area (Å²) in [5.74, 6) is 0.722. The first-order valence-electron chi connectivity index (χ1n) is 9.32. The van der Waals surface area contributed by atoms with Gasteiger partial charge in [0.1, 0.15) is 17.4 Å². The molecular formula is C22H23FN2O4S. The second kappa shape index (κ2) is 10.2. The average molecular weight is 431 g/mol. The summed E-state index contributed by atoms with van der Waals surface area (Å²) < 4.78 is 24.4. The van der Waals surface area contributed by atoms with Crippen LogP contribution in [-0.2, 0) is 31.1 Å². The molecule has 6 nitrogen and oxygen atoms in total. The van der Waals surface area contributed by atoms with Crippen LogP contribution in [0.1, 0.15) is 28.8 Å². The first kappa shape index (κ1) is 21.7. The topological polar surface area (TPSA) is 71.9 Å². The Morgan fingerprint density at radius 2 is 1.83 bits per heavy atom. The molecule has 158 valence electrons. The van der Waals surface area contributed by atoms with E-state index in [2.05, 4.69) is 4.98 Å². The van der Waals surface area contributed by atoms with Crippen molar-refractivity contribution in [3.8, 4) is 11.5 Å². The van der Waals surface area contributed by atoms with Crippen molar-refractivity contribution < 1.29 is 23.8 Å². The molecule has 0 aliphatic carbocycles. The van der Waals surface area contributed by atoms with Crippen LogP contribution in [0.25, 0.3) is 0 Å². The van der Waals surface area contributed by atoms with Gasteiger partial charge in [0.2, 0.25) is 5.91 Å². The molecule has 2 aromatic carbocycles. The second-order valence-electron chi connectivity index (χ2n) is 6.67. The Labute approximate surface area is 178 Å². The molecule has 0 fully saturated rings. The number of aromatic nitrogens is 1. The average Bonchev–Trinajstić information content (AvgIpc) is 3.21. The smallest absolute Gasteiger partial charge is 0.220 e. The number of thiazole rings is 1. The van der Waals surface area contributed by atoms with E-state index < -0.39 is 0 Å². The van der Waals surface area contributed by atoms with Crippen LogP contribution >= 0.6 is 11.3 Å². The van der Waals surface area contributed by atoms with Gasteiger partial charge in [0.25, 0.3) is 0 Å². The number of hydrogen-bond donors (Lipinski definition) is 1. The van der Waals surface area contributed by atoms with E-state index in [-0.39, 0.29) is 24.9 Å². The largest absolute Gasteiger partial charge is 0.493 e. The molecule has 0 saturated heterocycles. The number of halogens is 1. The van der Waals surface area contributed by atoms with Crippen LogP contribution < -0.4 is 9.47 Å². The summed E-state index contributed by atoms with van der Waals surface area (Å²) in [4.78, 5) is 18.1. The van der Waals surface area contributed by atoms with E-state index in [1.54, 1.807) is 35.6 Å². The fourth-order valence-corrected chi connectivity index (χ4v) is 3.56. The van der Waals surface area contributed by atoms with E-state index in [0.29, 0.717) is 30.3 Å². The molecular weight excluding hydrogens is 407 g/mol. The van der Waals surface area contributed by atoms with Crippen LogP contribution in [0.4, 0.5) is 4.39 Å². The van der Waals surface area contributed by atoms with E-state index in [4.69, 9.17) is 14.6 Å². The lowest BCUT2D eigenvalue weighted by Crippen LogP contribution is -2.27. The lowest BCUT2D eigenvalue weighted by molar-refractivity contribution is -0.130. The summed E-state index contributed by atoms with van der Waals surface area (Å²) in [6.07, 6.45) is 0. The summed E-state index contributed by atoms with van der Waals surface area (Å²) in [6, 6.07) is 11.6. The first-order valence-corrected chi connectivity index (χ1v) is 10.2. The third kappa shape index (κ3) is 5.77. The molecule has 0 saturated carbocycles. The molecule has 3 aromatic rings. The summed E-state index contributed by atoms with van der Waals surface area (Å²) in [5, 5.41) is 11.7. The number of carbonyl (C=O) groups excluding carboxylic acids is 1. The Hall–Kier alpha value is -2.97. The maximum atomic E-state index is 13.1. The van der Waals surface area contributed by atoms with Gasteiger partial charge in [-0.2, -0.15) is 0 Å². The zero-order valence-corrected chi connectivity index (χ0v) is 17.6. The van der Waals surface area contributed by atoms with E-state index in [9.17, 15) is 9.18 Å². The minimum Gasteiger partial charge on any atom is -0.493 e. The molecule has 8 heteroatoms. The maximum absolute atomic E-state index is 13.1. The summed E-state index contributed by atoms with van der Waals surface area (Å²) in [5.41, 5.74) is 2.33. The highest BCUT2D eigenvalue weighted by atomic mass is 32.1. The number of nitrogens with zero attached hydrogens (tertiary/aromatic N) is 2. The van der Waals surface area contributed by atoms with E-state index in [1.807, 2.05) is 12.1 Å². The monoisotopic (exact) mass is 430 g/mol. The van der Waals surface area contributed by atoms with Crippen molar-refractivity contribution >= 4 is 17.2 Å². The fourth-order valence-electron chi connectivity index (χ4n) is 2.87. The normalized spacial score (nSPS) is 10.7. The number of methoxy groups -OCH3 is 1. The van der Waals surface area contributed by atoms with Crippen molar-refractivity contribution in [1.29, 1.82) is 0 Å². The van der Waals surface area contributed by atoms with Crippen LogP contribution in [0.15, 0.2) is 47.8 Å². The number of rotatable bonds is 9. The van der Waals surface area contributed by atoms with Gasteiger partial charge in [0, 0.05) is 25.4 Å². The number of benzene rings is 2. The molecule has 0 unspecified atom stereocenters. The zero-order valence-electron chi connectivity index (χ0n) is 16.8. The Morgan fingerprint density at radius 1 is 1.13 bits per heavy atom. The highest BCUT2D eigenvalue weighted by Gasteiger charge is 2.14. The van der Waals surface area contributed by atoms with Crippen LogP contribution in [0.3, 0.4) is 0 Å². The summed E-state index contributed by atoms with van der Waals surface area (Å²) >= 11 is 1.41. The maximum Gasteiger partial charge on any atom is 0.220 e. The molecule has 0 atom stereocenters. The molecule has 1 aromatic heterocycles. The van der Waals surface area contributed by atoms with Crippen LogP contribution in [0.5, 0.6) is 11.5 Å². The first-order chi connectivity index (χ1) is 14.5. The molecule has 1 N–H and O–H groups in total. The predicted octanol–water partition coefficient (Wildman–Crippen LogP) is 3.91. The van der Waals surface area contributed by atoms with E-state index in [0.717, 1.165) is 16.1 Å². The van der Waals surface area contributed by atoms with Crippen LogP contribution in [0, 0.1) is 5.82 Å². The Balaban J connectivity index is 1.72. The van der Waals surface area contributed by atoms with Crippen molar-refractivity contribution in [3.05, 3.63) is 75.5 Å². The standard InChI is InChI=1S/C22H23FN2O4S/c1-15(27)25(10-16-3-6-18(23)7-4-16)11-17-5-8-20(28-2)21(9-17)29-13-22-24-19(12-26)14-30-22/h3-9,14,26H,10-13H2,1-2H3. The van der Waals surface area contributed by atoms with E-state index in [1.165, 1.54) is 30.4 Å². The number of ether oxygens (including phenoxy) is 2. The third-order valence-electron chi connectivity index (χ3n) is 4.45. The lowest BCUT2D eigenvalue weighted by atomic mass is 10.1. The Kier molecular flexibility index (Phi) is 7.37. The van der Waals surface area contributed by atoms with Crippen molar-refractivity contribution in [2.24, 2.45) is 0 Å². The van der Waals surface area contributed by atoms with Crippen molar-refractivity contribution in [3.63, 3.8) is 0 Å². The summed E-state index contributed by atoms with van der Waals surface area (Å²) in [7, 11) is 1.56.